The molecule has 0 heterocycles. The molecule has 0 aliphatic rings. The SMILES string of the molecule is NNCCCCCCc1ccccc1. The van der Waals surface area contributed by atoms with Gasteiger partial charge in [0.2, 0.25) is 0 Å². The minimum absolute atomic E-state index is 0.936. The minimum Gasteiger partial charge on any atom is -0.271 e. The molecule has 0 aliphatic heterocycles. The van der Waals surface area contributed by atoms with E-state index in [1.807, 2.05) is 0 Å². The van der Waals surface area contributed by atoms with Crippen LogP contribution in [0, 0.1) is 0 Å². The van der Waals surface area contributed by atoms with Gasteiger partial charge in [-0.05, 0) is 24.8 Å². The molecular weight excluding hydrogens is 172 g/mol. The van der Waals surface area contributed by atoms with Gasteiger partial charge in [-0.1, -0.05) is 43.2 Å². The molecule has 0 aromatic heterocycles. The van der Waals surface area contributed by atoms with Crippen molar-refractivity contribution in [3.63, 3.8) is 0 Å². The van der Waals surface area contributed by atoms with E-state index in [0.717, 1.165) is 6.54 Å². The first-order chi connectivity index (χ1) is 6.93. The number of hydrazine groups is 1. The molecule has 0 saturated carbocycles. The summed E-state index contributed by atoms with van der Waals surface area (Å²) in [6.07, 6.45) is 6.25. The summed E-state index contributed by atoms with van der Waals surface area (Å²) in [6, 6.07) is 10.7. The monoisotopic (exact) mass is 192 g/mol. The number of rotatable bonds is 7. The molecule has 0 fully saturated rings. The summed E-state index contributed by atoms with van der Waals surface area (Å²) in [7, 11) is 0. The summed E-state index contributed by atoms with van der Waals surface area (Å²) >= 11 is 0. The Bertz CT molecular complexity index is 221. The first-order valence-electron chi connectivity index (χ1n) is 5.41. The summed E-state index contributed by atoms with van der Waals surface area (Å²) in [5.41, 5.74) is 4.12. The Hall–Kier alpha value is -0.860. The average molecular weight is 192 g/mol. The van der Waals surface area contributed by atoms with Crippen LogP contribution in [0.25, 0.3) is 0 Å². The minimum atomic E-state index is 0.936. The summed E-state index contributed by atoms with van der Waals surface area (Å²) in [5, 5.41) is 0. The predicted molar refractivity (Wildman–Crippen MR) is 60.8 cm³/mol. The van der Waals surface area contributed by atoms with Crippen LogP contribution in [0.15, 0.2) is 30.3 Å². The van der Waals surface area contributed by atoms with Gasteiger partial charge in [0.1, 0.15) is 0 Å². The van der Waals surface area contributed by atoms with Crippen molar-refractivity contribution in [2.24, 2.45) is 5.84 Å². The van der Waals surface area contributed by atoms with Crippen molar-refractivity contribution in [1.82, 2.24) is 5.43 Å². The molecule has 1 rings (SSSR count). The van der Waals surface area contributed by atoms with Crippen molar-refractivity contribution in [1.29, 1.82) is 0 Å². The van der Waals surface area contributed by atoms with E-state index in [2.05, 4.69) is 35.8 Å². The standard InChI is InChI=1S/C12H20N2/c13-14-11-7-2-1-4-8-12-9-5-3-6-10-12/h3,5-6,9-10,14H,1-2,4,7-8,11,13H2. The van der Waals surface area contributed by atoms with E-state index >= 15 is 0 Å². The number of hydrogen-bond donors (Lipinski definition) is 2. The van der Waals surface area contributed by atoms with Crippen molar-refractivity contribution in [2.45, 2.75) is 32.1 Å². The Morgan fingerprint density at radius 1 is 0.929 bits per heavy atom. The molecular formula is C12H20N2. The Labute approximate surface area is 86.5 Å². The van der Waals surface area contributed by atoms with E-state index in [0.29, 0.717) is 0 Å². The predicted octanol–water partition coefficient (Wildman–Crippen LogP) is 2.25. The van der Waals surface area contributed by atoms with Crippen molar-refractivity contribution < 1.29 is 0 Å². The van der Waals surface area contributed by atoms with Crippen LogP contribution in [0.4, 0.5) is 0 Å². The highest BCUT2D eigenvalue weighted by Crippen LogP contribution is 2.06. The maximum Gasteiger partial charge on any atom is 0.00974 e. The van der Waals surface area contributed by atoms with Crippen LogP contribution < -0.4 is 11.3 Å². The topological polar surface area (TPSA) is 38.0 Å². The van der Waals surface area contributed by atoms with Gasteiger partial charge in [-0.15, -0.1) is 0 Å². The summed E-state index contributed by atoms with van der Waals surface area (Å²) < 4.78 is 0. The average Bonchev–Trinajstić information content (AvgIpc) is 2.25. The molecule has 78 valence electrons. The zero-order valence-electron chi connectivity index (χ0n) is 8.71. The van der Waals surface area contributed by atoms with E-state index in [-0.39, 0.29) is 0 Å². The van der Waals surface area contributed by atoms with Crippen molar-refractivity contribution in [3.05, 3.63) is 35.9 Å². The lowest BCUT2D eigenvalue weighted by Crippen LogP contribution is -2.22. The van der Waals surface area contributed by atoms with E-state index in [1.165, 1.54) is 37.7 Å². The Kier molecular flexibility index (Phi) is 6.04. The van der Waals surface area contributed by atoms with Crippen LogP contribution >= 0.6 is 0 Å². The van der Waals surface area contributed by atoms with Gasteiger partial charge in [0, 0.05) is 6.54 Å². The van der Waals surface area contributed by atoms with Gasteiger partial charge in [-0.2, -0.15) is 0 Å². The lowest BCUT2D eigenvalue weighted by molar-refractivity contribution is 0.600. The van der Waals surface area contributed by atoms with Crippen LogP contribution in [0.2, 0.25) is 0 Å². The number of benzene rings is 1. The Morgan fingerprint density at radius 3 is 2.36 bits per heavy atom. The highest BCUT2D eigenvalue weighted by Gasteiger charge is 1.92. The molecule has 0 amide bonds. The number of nitrogens with two attached hydrogens (primary N) is 1. The van der Waals surface area contributed by atoms with Gasteiger partial charge in [0.15, 0.2) is 0 Å². The molecule has 0 atom stereocenters. The molecule has 0 saturated heterocycles. The molecule has 3 N–H and O–H groups in total. The summed E-state index contributed by atoms with van der Waals surface area (Å²) in [5.74, 6) is 5.18. The first kappa shape index (κ1) is 11.2. The molecule has 1 aromatic rings. The van der Waals surface area contributed by atoms with Gasteiger partial charge in [0.05, 0.1) is 0 Å². The normalized spacial score (nSPS) is 10.4. The smallest absolute Gasteiger partial charge is 0.00974 e. The maximum absolute atomic E-state index is 5.18. The van der Waals surface area contributed by atoms with E-state index in [1.54, 1.807) is 0 Å². The number of aryl methyl sites for hydroxylation is 1. The zero-order valence-corrected chi connectivity index (χ0v) is 8.71. The van der Waals surface area contributed by atoms with Gasteiger partial charge in [-0.3, -0.25) is 11.3 Å². The fourth-order valence-corrected chi connectivity index (χ4v) is 1.55. The second-order valence-electron chi connectivity index (χ2n) is 3.60. The Balaban J connectivity index is 1.99. The molecule has 0 unspecified atom stereocenters. The number of hydrogen-bond acceptors (Lipinski definition) is 2. The third kappa shape index (κ3) is 5.00. The van der Waals surface area contributed by atoms with Crippen LogP contribution in [-0.4, -0.2) is 6.54 Å². The first-order valence-corrected chi connectivity index (χ1v) is 5.41. The Morgan fingerprint density at radius 2 is 1.64 bits per heavy atom. The van der Waals surface area contributed by atoms with Crippen LogP contribution in [0.5, 0.6) is 0 Å². The van der Waals surface area contributed by atoms with Crippen LogP contribution in [0.1, 0.15) is 31.2 Å². The molecule has 2 heteroatoms. The van der Waals surface area contributed by atoms with Crippen LogP contribution in [-0.2, 0) is 6.42 Å². The highest BCUT2D eigenvalue weighted by atomic mass is 15.2. The summed E-state index contributed by atoms with van der Waals surface area (Å²) in [6.45, 7) is 0.936. The largest absolute Gasteiger partial charge is 0.271 e. The lowest BCUT2D eigenvalue weighted by atomic mass is 10.1. The number of nitrogens with one attached hydrogen (secondary N) is 1. The van der Waals surface area contributed by atoms with Crippen molar-refractivity contribution in [3.8, 4) is 0 Å². The molecule has 0 bridgehead atoms. The fourth-order valence-electron chi connectivity index (χ4n) is 1.55. The van der Waals surface area contributed by atoms with Gasteiger partial charge in [-0.25, -0.2) is 0 Å². The second kappa shape index (κ2) is 7.54. The third-order valence-electron chi connectivity index (χ3n) is 2.38. The lowest BCUT2D eigenvalue weighted by Gasteiger charge is -2.01. The maximum atomic E-state index is 5.18. The van der Waals surface area contributed by atoms with E-state index in [4.69, 9.17) is 5.84 Å². The molecule has 1 aromatic carbocycles. The third-order valence-corrected chi connectivity index (χ3v) is 2.38. The quantitative estimate of drug-likeness (QED) is 0.395. The molecule has 14 heavy (non-hydrogen) atoms. The molecule has 0 radical (unpaired) electrons. The number of unbranched alkanes of at least 4 members (excludes halogenated alkanes) is 3. The van der Waals surface area contributed by atoms with Gasteiger partial charge in [0.25, 0.3) is 0 Å². The van der Waals surface area contributed by atoms with Crippen molar-refractivity contribution in [2.75, 3.05) is 6.54 Å². The molecule has 2 nitrogen and oxygen atoms in total. The van der Waals surface area contributed by atoms with E-state index in [9.17, 15) is 0 Å². The summed E-state index contributed by atoms with van der Waals surface area (Å²) in [4.78, 5) is 0. The molecule has 0 aliphatic carbocycles. The van der Waals surface area contributed by atoms with Gasteiger partial charge >= 0.3 is 0 Å². The van der Waals surface area contributed by atoms with E-state index < -0.39 is 0 Å². The van der Waals surface area contributed by atoms with Crippen LogP contribution in [0.3, 0.4) is 0 Å². The second-order valence-corrected chi connectivity index (χ2v) is 3.60. The van der Waals surface area contributed by atoms with Gasteiger partial charge < -0.3 is 0 Å². The molecule has 0 spiro atoms. The fraction of sp³-hybridized carbons (Fsp3) is 0.500. The zero-order chi connectivity index (χ0) is 10.1. The highest BCUT2D eigenvalue weighted by molar-refractivity contribution is 5.14. The van der Waals surface area contributed by atoms with Crippen molar-refractivity contribution >= 4 is 0 Å².